The zero-order valence-electron chi connectivity index (χ0n) is 16.7. The Bertz CT molecular complexity index is 972. The van der Waals surface area contributed by atoms with Crippen molar-refractivity contribution in [3.63, 3.8) is 0 Å². The number of methoxy groups -OCH3 is 1. The predicted molar refractivity (Wildman–Crippen MR) is 116 cm³/mol. The fourth-order valence-corrected chi connectivity index (χ4v) is 3.67. The van der Waals surface area contributed by atoms with Crippen LogP contribution >= 0.6 is 0 Å². The maximum atomic E-state index is 11.1. The summed E-state index contributed by atoms with van der Waals surface area (Å²) in [5.74, 6) is 0.908. The van der Waals surface area contributed by atoms with E-state index in [2.05, 4.69) is 56.4 Å². The summed E-state index contributed by atoms with van der Waals surface area (Å²) in [6.07, 6.45) is 1.03. The van der Waals surface area contributed by atoms with Crippen LogP contribution in [0.2, 0.25) is 0 Å². The molecule has 0 radical (unpaired) electrons. The number of nitrogens with zero attached hydrogens (tertiary/aromatic N) is 3. The molecule has 1 aliphatic heterocycles. The van der Waals surface area contributed by atoms with E-state index in [0.717, 1.165) is 56.2 Å². The summed E-state index contributed by atoms with van der Waals surface area (Å²) < 4.78 is 5.34. The van der Waals surface area contributed by atoms with E-state index < -0.39 is 0 Å². The first-order valence-corrected chi connectivity index (χ1v) is 9.98. The molecule has 1 N–H and O–H groups in total. The van der Waals surface area contributed by atoms with Crippen molar-refractivity contribution in [3.05, 3.63) is 76.6 Å². The fraction of sp³-hybridized carbons (Fsp3) is 0.304. The molecule has 1 aromatic heterocycles. The summed E-state index contributed by atoms with van der Waals surface area (Å²) in [6.45, 7) is 5.25. The molecule has 6 nitrogen and oxygen atoms in total. The molecular formula is C23H26N4O2. The molecule has 0 atom stereocenters. The van der Waals surface area contributed by atoms with Gasteiger partial charge in [-0.15, -0.1) is 0 Å². The summed E-state index contributed by atoms with van der Waals surface area (Å²) in [5, 5.41) is 6.56. The number of piperazine rings is 1. The lowest BCUT2D eigenvalue weighted by molar-refractivity contribution is 0.261. The summed E-state index contributed by atoms with van der Waals surface area (Å²) in [5.41, 5.74) is 4.16. The van der Waals surface area contributed by atoms with E-state index in [9.17, 15) is 4.79 Å². The number of ether oxygens (including phenoxy) is 1. The zero-order valence-corrected chi connectivity index (χ0v) is 16.7. The quantitative estimate of drug-likeness (QED) is 0.701. The molecule has 0 aliphatic carbocycles. The van der Waals surface area contributed by atoms with Gasteiger partial charge in [0.2, 0.25) is 0 Å². The van der Waals surface area contributed by atoms with Gasteiger partial charge in [0.05, 0.1) is 12.8 Å². The predicted octanol–water partition coefficient (Wildman–Crippen LogP) is 2.81. The maximum absolute atomic E-state index is 11.1. The highest BCUT2D eigenvalue weighted by molar-refractivity contribution is 5.58. The highest BCUT2D eigenvalue weighted by Gasteiger charge is 2.17. The van der Waals surface area contributed by atoms with E-state index in [1.54, 1.807) is 13.2 Å². The third-order valence-electron chi connectivity index (χ3n) is 5.44. The van der Waals surface area contributed by atoms with E-state index in [1.807, 2.05) is 12.1 Å². The molecule has 150 valence electrons. The lowest BCUT2D eigenvalue weighted by Gasteiger charge is -2.36. The van der Waals surface area contributed by atoms with Crippen molar-refractivity contribution in [2.75, 3.05) is 44.7 Å². The minimum absolute atomic E-state index is 0.183. The largest absolute Gasteiger partial charge is 0.497 e. The SMILES string of the molecule is COc1cccc(N2CCN(CCc3ccc(-c4ccc(=O)[nH]n4)cc3)CC2)c1. The number of nitrogens with one attached hydrogen (secondary N) is 1. The van der Waals surface area contributed by atoms with Gasteiger partial charge in [0.25, 0.3) is 5.56 Å². The Morgan fingerprint density at radius 3 is 2.48 bits per heavy atom. The van der Waals surface area contributed by atoms with Crippen molar-refractivity contribution >= 4 is 5.69 Å². The molecule has 1 saturated heterocycles. The van der Waals surface area contributed by atoms with Crippen LogP contribution in [0.15, 0.2) is 65.5 Å². The Balaban J connectivity index is 1.28. The number of anilines is 1. The number of hydrogen-bond acceptors (Lipinski definition) is 5. The second-order valence-corrected chi connectivity index (χ2v) is 7.28. The normalized spacial score (nSPS) is 14.7. The zero-order chi connectivity index (χ0) is 20.1. The summed E-state index contributed by atoms with van der Waals surface area (Å²) in [4.78, 5) is 16.1. The van der Waals surface area contributed by atoms with Gasteiger partial charge < -0.3 is 9.64 Å². The van der Waals surface area contributed by atoms with Crippen LogP contribution in [0.3, 0.4) is 0 Å². The van der Waals surface area contributed by atoms with Crippen LogP contribution < -0.4 is 15.2 Å². The van der Waals surface area contributed by atoms with Crippen LogP contribution in [-0.2, 0) is 6.42 Å². The number of H-pyrrole nitrogens is 1. The van der Waals surface area contributed by atoms with Crippen molar-refractivity contribution in [2.45, 2.75) is 6.42 Å². The standard InChI is InChI=1S/C23H26N4O2/c1-29-21-4-2-3-20(17-21)27-15-13-26(14-16-27)12-11-18-5-7-19(8-6-18)22-9-10-23(28)25-24-22/h2-10,17H,11-16H2,1H3,(H,25,28). The molecule has 4 rings (SSSR count). The second-order valence-electron chi connectivity index (χ2n) is 7.28. The van der Waals surface area contributed by atoms with Gasteiger partial charge in [-0.05, 0) is 30.2 Å². The molecule has 0 saturated carbocycles. The average Bonchev–Trinajstić information content (AvgIpc) is 2.79. The van der Waals surface area contributed by atoms with Crippen molar-refractivity contribution in [1.82, 2.24) is 15.1 Å². The smallest absolute Gasteiger partial charge is 0.264 e. The van der Waals surface area contributed by atoms with Crippen LogP contribution in [0.4, 0.5) is 5.69 Å². The van der Waals surface area contributed by atoms with Crippen LogP contribution in [0.5, 0.6) is 5.75 Å². The molecule has 2 heterocycles. The topological polar surface area (TPSA) is 61.5 Å². The van der Waals surface area contributed by atoms with Crippen molar-refractivity contribution in [3.8, 4) is 17.0 Å². The van der Waals surface area contributed by atoms with Gasteiger partial charge in [-0.25, -0.2) is 5.10 Å². The molecule has 29 heavy (non-hydrogen) atoms. The first-order valence-electron chi connectivity index (χ1n) is 9.98. The minimum Gasteiger partial charge on any atom is -0.497 e. The van der Waals surface area contributed by atoms with Crippen LogP contribution in [0, 0.1) is 0 Å². The molecule has 0 bridgehead atoms. The second kappa shape index (κ2) is 8.92. The summed E-state index contributed by atoms with van der Waals surface area (Å²) in [7, 11) is 1.71. The van der Waals surface area contributed by atoms with E-state index in [4.69, 9.17) is 4.74 Å². The molecule has 3 aromatic rings. The lowest BCUT2D eigenvalue weighted by Crippen LogP contribution is -2.47. The molecule has 2 aromatic carbocycles. The Kier molecular flexibility index (Phi) is 5.91. The summed E-state index contributed by atoms with van der Waals surface area (Å²) >= 11 is 0. The molecule has 1 fully saturated rings. The van der Waals surface area contributed by atoms with Crippen molar-refractivity contribution in [1.29, 1.82) is 0 Å². The Hall–Kier alpha value is -3.12. The monoisotopic (exact) mass is 390 g/mol. The van der Waals surface area contributed by atoms with Crippen LogP contribution in [-0.4, -0.2) is 54.9 Å². The number of aromatic amines is 1. The molecule has 0 amide bonds. The maximum Gasteiger partial charge on any atom is 0.264 e. The fourth-order valence-electron chi connectivity index (χ4n) is 3.67. The van der Waals surface area contributed by atoms with Gasteiger partial charge in [0.1, 0.15) is 5.75 Å². The summed E-state index contributed by atoms with van der Waals surface area (Å²) in [6, 6.07) is 20.0. The lowest BCUT2D eigenvalue weighted by atomic mass is 10.1. The highest BCUT2D eigenvalue weighted by Crippen LogP contribution is 2.22. The van der Waals surface area contributed by atoms with Gasteiger partial charge in [0, 0.05) is 56.1 Å². The van der Waals surface area contributed by atoms with Crippen LogP contribution in [0.25, 0.3) is 11.3 Å². The first-order chi connectivity index (χ1) is 14.2. The Morgan fingerprint density at radius 1 is 1.00 bits per heavy atom. The number of benzene rings is 2. The first kappa shape index (κ1) is 19.2. The molecule has 6 heteroatoms. The minimum atomic E-state index is -0.183. The van der Waals surface area contributed by atoms with Crippen LogP contribution in [0.1, 0.15) is 5.56 Å². The molecule has 1 aliphatic rings. The van der Waals surface area contributed by atoms with E-state index >= 15 is 0 Å². The molecule has 0 spiro atoms. The van der Waals surface area contributed by atoms with E-state index in [-0.39, 0.29) is 5.56 Å². The third kappa shape index (κ3) is 4.84. The van der Waals surface area contributed by atoms with E-state index in [0.29, 0.717) is 0 Å². The van der Waals surface area contributed by atoms with Crippen molar-refractivity contribution < 1.29 is 4.74 Å². The third-order valence-corrected chi connectivity index (χ3v) is 5.44. The Labute approximate surface area is 170 Å². The van der Waals surface area contributed by atoms with Gasteiger partial charge in [-0.3, -0.25) is 9.69 Å². The Morgan fingerprint density at radius 2 is 1.79 bits per heavy atom. The van der Waals surface area contributed by atoms with Gasteiger partial charge in [-0.1, -0.05) is 30.3 Å². The van der Waals surface area contributed by atoms with Gasteiger partial charge in [-0.2, -0.15) is 5.10 Å². The number of aromatic nitrogens is 2. The van der Waals surface area contributed by atoms with E-state index in [1.165, 1.54) is 17.3 Å². The number of rotatable bonds is 6. The highest BCUT2D eigenvalue weighted by atomic mass is 16.5. The van der Waals surface area contributed by atoms with Gasteiger partial charge >= 0.3 is 0 Å². The van der Waals surface area contributed by atoms with Crippen molar-refractivity contribution in [2.24, 2.45) is 0 Å². The number of hydrogen-bond donors (Lipinski definition) is 1. The molecule has 0 unspecified atom stereocenters. The van der Waals surface area contributed by atoms with Gasteiger partial charge in [0.15, 0.2) is 0 Å². The average molecular weight is 390 g/mol. The molecular weight excluding hydrogens is 364 g/mol.